The second kappa shape index (κ2) is 7.85. The number of carbonyl (C=O) groups excluding carboxylic acids is 1. The van der Waals surface area contributed by atoms with Crippen LogP contribution < -0.4 is 4.74 Å². The normalized spacial score (nSPS) is 10.5. The van der Waals surface area contributed by atoms with E-state index < -0.39 is 0 Å². The Labute approximate surface area is 149 Å². The van der Waals surface area contributed by atoms with Crippen LogP contribution in [0.3, 0.4) is 0 Å². The van der Waals surface area contributed by atoms with Gasteiger partial charge in [-0.1, -0.05) is 42.1 Å². The van der Waals surface area contributed by atoms with Crippen molar-refractivity contribution in [2.24, 2.45) is 0 Å². The number of para-hydroxylation sites is 2. The van der Waals surface area contributed by atoms with Gasteiger partial charge in [0.1, 0.15) is 5.75 Å². The van der Waals surface area contributed by atoms with E-state index in [1.807, 2.05) is 59.2 Å². The van der Waals surface area contributed by atoms with E-state index >= 15 is 0 Å². The van der Waals surface area contributed by atoms with Gasteiger partial charge in [-0.3, -0.25) is 9.36 Å². The number of ether oxygens (including phenoxy) is 2. The number of esters is 1. The van der Waals surface area contributed by atoms with Crippen LogP contribution >= 0.6 is 11.8 Å². The molecule has 2 aromatic carbocycles. The van der Waals surface area contributed by atoms with Crippen LogP contribution in [-0.2, 0) is 9.53 Å². The Kier molecular flexibility index (Phi) is 5.35. The van der Waals surface area contributed by atoms with Crippen molar-refractivity contribution in [3.8, 4) is 22.8 Å². The molecule has 0 saturated heterocycles. The Morgan fingerprint density at radius 2 is 1.76 bits per heavy atom. The van der Waals surface area contributed by atoms with E-state index in [1.165, 1.54) is 18.9 Å². The molecule has 25 heavy (non-hydrogen) atoms. The van der Waals surface area contributed by atoms with E-state index in [2.05, 4.69) is 10.2 Å². The SMILES string of the molecule is COC(=O)CSc1nnc(-c2ccccc2OC)n1-c1ccccc1. The lowest BCUT2D eigenvalue weighted by Crippen LogP contribution is -2.05. The molecule has 0 saturated carbocycles. The van der Waals surface area contributed by atoms with Gasteiger partial charge in [-0.25, -0.2) is 0 Å². The van der Waals surface area contributed by atoms with Crippen LogP contribution in [0.4, 0.5) is 0 Å². The number of nitrogens with zero attached hydrogens (tertiary/aromatic N) is 3. The first-order valence-corrected chi connectivity index (χ1v) is 8.57. The van der Waals surface area contributed by atoms with Crippen molar-refractivity contribution in [2.75, 3.05) is 20.0 Å². The van der Waals surface area contributed by atoms with Crippen LogP contribution in [0.5, 0.6) is 5.75 Å². The number of thioether (sulfide) groups is 1. The number of benzene rings is 2. The third-order valence-electron chi connectivity index (χ3n) is 3.54. The van der Waals surface area contributed by atoms with Gasteiger partial charge in [0.25, 0.3) is 0 Å². The summed E-state index contributed by atoms with van der Waals surface area (Å²) in [5.74, 6) is 1.20. The first kappa shape index (κ1) is 17.0. The van der Waals surface area contributed by atoms with E-state index in [-0.39, 0.29) is 11.7 Å². The Bertz CT molecular complexity index is 865. The van der Waals surface area contributed by atoms with Gasteiger partial charge in [0.15, 0.2) is 11.0 Å². The number of methoxy groups -OCH3 is 2. The molecule has 0 radical (unpaired) electrons. The molecule has 3 rings (SSSR count). The fourth-order valence-electron chi connectivity index (χ4n) is 2.36. The third kappa shape index (κ3) is 3.66. The minimum absolute atomic E-state index is 0.160. The van der Waals surface area contributed by atoms with Gasteiger partial charge in [-0.15, -0.1) is 10.2 Å². The molecule has 128 valence electrons. The molecule has 7 heteroatoms. The standard InChI is InChI=1S/C18H17N3O3S/c1-23-15-11-7-6-10-14(15)17-19-20-18(25-12-16(22)24-2)21(17)13-8-4-3-5-9-13/h3-11H,12H2,1-2H3. The molecular weight excluding hydrogens is 338 g/mol. The van der Waals surface area contributed by atoms with Crippen LogP contribution in [-0.4, -0.2) is 40.7 Å². The van der Waals surface area contributed by atoms with Gasteiger partial charge in [-0.05, 0) is 24.3 Å². The van der Waals surface area contributed by atoms with Gasteiger partial charge in [-0.2, -0.15) is 0 Å². The Hall–Kier alpha value is -2.80. The predicted octanol–water partition coefficient (Wildman–Crippen LogP) is 3.21. The fraction of sp³-hybridized carbons (Fsp3) is 0.167. The van der Waals surface area contributed by atoms with Crippen LogP contribution in [0, 0.1) is 0 Å². The molecule has 0 bridgehead atoms. The molecule has 0 aliphatic carbocycles. The molecule has 3 aromatic rings. The van der Waals surface area contributed by atoms with Gasteiger partial charge < -0.3 is 9.47 Å². The van der Waals surface area contributed by atoms with Crippen molar-refractivity contribution < 1.29 is 14.3 Å². The molecule has 0 amide bonds. The highest BCUT2D eigenvalue weighted by Crippen LogP contribution is 2.33. The number of aromatic nitrogens is 3. The largest absolute Gasteiger partial charge is 0.496 e. The highest BCUT2D eigenvalue weighted by atomic mass is 32.2. The van der Waals surface area contributed by atoms with E-state index in [9.17, 15) is 4.79 Å². The molecule has 0 N–H and O–H groups in total. The average molecular weight is 355 g/mol. The van der Waals surface area contributed by atoms with Crippen molar-refractivity contribution in [2.45, 2.75) is 5.16 Å². The molecule has 0 atom stereocenters. The molecule has 1 heterocycles. The second-order valence-corrected chi connectivity index (χ2v) is 5.98. The Morgan fingerprint density at radius 3 is 2.48 bits per heavy atom. The minimum atomic E-state index is -0.313. The van der Waals surface area contributed by atoms with E-state index in [1.54, 1.807) is 7.11 Å². The van der Waals surface area contributed by atoms with Crippen molar-refractivity contribution in [1.29, 1.82) is 0 Å². The van der Waals surface area contributed by atoms with Gasteiger partial charge in [0.2, 0.25) is 0 Å². The molecule has 6 nitrogen and oxygen atoms in total. The monoisotopic (exact) mass is 355 g/mol. The molecular formula is C18H17N3O3S. The van der Waals surface area contributed by atoms with Crippen LogP contribution in [0.15, 0.2) is 59.8 Å². The summed E-state index contributed by atoms with van der Waals surface area (Å²) in [6, 6.07) is 17.4. The maximum absolute atomic E-state index is 11.5. The number of rotatable bonds is 6. The maximum Gasteiger partial charge on any atom is 0.316 e. The molecule has 0 unspecified atom stereocenters. The van der Waals surface area contributed by atoms with Gasteiger partial charge in [0, 0.05) is 5.69 Å². The summed E-state index contributed by atoms with van der Waals surface area (Å²) in [6.07, 6.45) is 0. The number of hydrogen-bond donors (Lipinski definition) is 0. The molecule has 0 fully saturated rings. The quantitative estimate of drug-likeness (QED) is 0.500. The fourth-order valence-corrected chi connectivity index (χ4v) is 3.14. The molecule has 0 aliphatic rings. The maximum atomic E-state index is 11.5. The lowest BCUT2D eigenvalue weighted by molar-refractivity contribution is -0.137. The zero-order valence-electron chi connectivity index (χ0n) is 13.9. The first-order valence-electron chi connectivity index (χ1n) is 7.58. The van der Waals surface area contributed by atoms with Gasteiger partial charge in [0.05, 0.1) is 25.5 Å². The van der Waals surface area contributed by atoms with E-state index in [0.717, 1.165) is 11.3 Å². The van der Waals surface area contributed by atoms with Crippen molar-refractivity contribution >= 4 is 17.7 Å². The zero-order chi connectivity index (χ0) is 17.6. The summed E-state index contributed by atoms with van der Waals surface area (Å²) in [7, 11) is 2.99. The minimum Gasteiger partial charge on any atom is -0.496 e. The summed E-state index contributed by atoms with van der Waals surface area (Å²) in [5.41, 5.74) is 1.73. The lowest BCUT2D eigenvalue weighted by atomic mass is 10.2. The highest BCUT2D eigenvalue weighted by molar-refractivity contribution is 7.99. The average Bonchev–Trinajstić information content (AvgIpc) is 3.10. The zero-order valence-corrected chi connectivity index (χ0v) is 14.7. The summed E-state index contributed by atoms with van der Waals surface area (Å²) in [4.78, 5) is 11.5. The Balaban J connectivity index is 2.10. The van der Waals surface area contributed by atoms with Crippen LogP contribution in [0.2, 0.25) is 0 Å². The van der Waals surface area contributed by atoms with Crippen molar-refractivity contribution in [3.05, 3.63) is 54.6 Å². The molecule has 0 aliphatic heterocycles. The summed E-state index contributed by atoms with van der Waals surface area (Å²) >= 11 is 1.28. The number of carbonyl (C=O) groups is 1. The van der Waals surface area contributed by atoms with Crippen LogP contribution in [0.25, 0.3) is 17.1 Å². The smallest absolute Gasteiger partial charge is 0.316 e. The highest BCUT2D eigenvalue weighted by Gasteiger charge is 2.19. The topological polar surface area (TPSA) is 66.2 Å². The summed E-state index contributed by atoms with van der Waals surface area (Å²) in [5, 5.41) is 9.21. The summed E-state index contributed by atoms with van der Waals surface area (Å²) in [6.45, 7) is 0. The Morgan fingerprint density at radius 1 is 1.04 bits per heavy atom. The van der Waals surface area contributed by atoms with Crippen LogP contribution in [0.1, 0.15) is 0 Å². The predicted molar refractivity (Wildman–Crippen MR) is 96.1 cm³/mol. The van der Waals surface area contributed by atoms with Crippen molar-refractivity contribution in [3.63, 3.8) is 0 Å². The van der Waals surface area contributed by atoms with E-state index in [4.69, 9.17) is 9.47 Å². The number of hydrogen-bond acceptors (Lipinski definition) is 6. The molecule has 0 spiro atoms. The summed E-state index contributed by atoms with van der Waals surface area (Å²) < 4.78 is 12.1. The van der Waals surface area contributed by atoms with E-state index in [0.29, 0.717) is 16.7 Å². The van der Waals surface area contributed by atoms with Gasteiger partial charge >= 0.3 is 5.97 Å². The first-order chi connectivity index (χ1) is 12.2. The van der Waals surface area contributed by atoms with Crippen molar-refractivity contribution in [1.82, 2.24) is 14.8 Å². The lowest BCUT2D eigenvalue weighted by Gasteiger charge is -2.12. The third-order valence-corrected chi connectivity index (χ3v) is 4.44. The molecule has 1 aromatic heterocycles. The second-order valence-electron chi connectivity index (χ2n) is 5.04.